The molecule has 2 aliphatic heterocycles. The van der Waals surface area contributed by atoms with Crippen LogP contribution >= 0.6 is 0 Å². The molecular weight excluding hydrogens is 364 g/mol. The van der Waals surface area contributed by atoms with Crippen LogP contribution < -0.4 is 15.1 Å². The third kappa shape index (κ3) is 3.08. The maximum Gasteiger partial charge on any atom is 0.329 e. The highest BCUT2D eigenvalue weighted by molar-refractivity contribution is 6.07. The fourth-order valence-electron chi connectivity index (χ4n) is 5.06. The molecule has 2 heterocycles. The molecule has 1 aliphatic carbocycles. The normalized spacial score (nSPS) is 24.7. The maximum absolute atomic E-state index is 13.4. The molecule has 6 heteroatoms. The van der Waals surface area contributed by atoms with Crippen molar-refractivity contribution in [3.63, 3.8) is 0 Å². The molecule has 0 saturated carbocycles. The van der Waals surface area contributed by atoms with E-state index >= 15 is 0 Å². The van der Waals surface area contributed by atoms with Crippen LogP contribution in [0.25, 0.3) is 0 Å². The second kappa shape index (κ2) is 7.19. The summed E-state index contributed by atoms with van der Waals surface area (Å²) in [5.41, 5.74) is 2.53. The number of piperazine rings is 1. The van der Waals surface area contributed by atoms with Crippen LogP contribution in [0, 0.1) is 0 Å². The second-order valence-corrected chi connectivity index (χ2v) is 8.31. The van der Waals surface area contributed by atoms with Gasteiger partial charge in [0, 0.05) is 5.69 Å². The molecule has 0 bridgehead atoms. The van der Waals surface area contributed by atoms with Gasteiger partial charge in [-0.2, -0.15) is 0 Å². The van der Waals surface area contributed by atoms with E-state index in [0.29, 0.717) is 13.1 Å². The number of amides is 3. The summed E-state index contributed by atoms with van der Waals surface area (Å²) in [5.74, 6) is -0.0763. The molecule has 3 aliphatic rings. The third-order valence-corrected chi connectivity index (χ3v) is 6.62. The van der Waals surface area contributed by atoms with Gasteiger partial charge >= 0.3 is 6.03 Å². The number of quaternary nitrogens is 1. The van der Waals surface area contributed by atoms with Crippen molar-refractivity contribution in [2.45, 2.75) is 24.8 Å². The van der Waals surface area contributed by atoms with Gasteiger partial charge in [0.25, 0.3) is 5.91 Å². The Bertz CT molecular complexity index is 923. The number of hydrogen-bond donors (Lipinski definition) is 2. The molecule has 2 aromatic rings. The zero-order valence-electron chi connectivity index (χ0n) is 16.6. The minimum atomic E-state index is -0.864. The third-order valence-electron chi connectivity index (χ3n) is 6.62. The molecule has 0 unspecified atom stereocenters. The fourth-order valence-corrected chi connectivity index (χ4v) is 5.06. The quantitative estimate of drug-likeness (QED) is 0.772. The Hall–Kier alpha value is -2.86. The smallest absolute Gasteiger partial charge is 0.329 e. The molecule has 2 saturated heterocycles. The van der Waals surface area contributed by atoms with E-state index < -0.39 is 5.54 Å². The van der Waals surface area contributed by atoms with Crippen LogP contribution in [0.15, 0.2) is 54.6 Å². The Morgan fingerprint density at radius 1 is 0.966 bits per heavy atom. The van der Waals surface area contributed by atoms with Gasteiger partial charge < -0.3 is 15.1 Å². The molecular formula is C23H27N4O2+. The average molecular weight is 391 g/mol. The van der Waals surface area contributed by atoms with Crippen LogP contribution in [0.4, 0.5) is 10.5 Å². The Labute approximate surface area is 171 Å². The van der Waals surface area contributed by atoms with Crippen molar-refractivity contribution in [3.05, 3.63) is 65.7 Å². The lowest BCUT2D eigenvalue weighted by molar-refractivity contribution is -0.907. The molecule has 0 radical (unpaired) electrons. The Morgan fingerprint density at radius 2 is 1.69 bits per heavy atom. The summed E-state index contributed by atoms with van der Waals surface area (Å²) in [5, 5.41) is 3.06. The van der Waals surface area contributed by atoms with E-state index in [1.165, 1.54) is 21.1 Å². The van der Waals surface area contributed by atoms with E-state index in [0.717, 1.165) is 44.6 Å². The standard InChI is InChI=1S/C23H26N4O2/c28-21-23(12-6-8-18-7-4-5-11-20(18)23)24-22(29)27(21)17-25-13-15-26(16-14-25)19-9-2-1-3-10-19/h1-5,7,9-11H,6,8,12-17H2,(H,24,29)/p+1/t23-/m1/s1. The number of carbonyl (C=O) groups excluding carboxylic acids is 2. The van der Waals surface area contributed by atoms with Crippen molar-refractivity contribution in [1.82, 2.24) is 10.2 Å². The number of carbonyl (C=O) groups is 2. The number of nitrogens with one attached hydrogen (secondary N) is 2. The van der Waals surface area contributed by atoms with E-state index in [9.17, 15) is 9.59 Å². The van der Waals surface area contributed by atoms with Gasteiger partial charge in [-0.25, -0.2) is 9.69 Å². The predicted octanol–water partition coefficient (Wildman–Crippen LogP) is 1.13. The summed E-state index contributed by atoms with van der Waals surface area (Å²) >= 11 is 0. The SMILES string of the molecule is O=C1N[C@@]2(CCCc3ccccc32)C(=O)N1C[NH+]1CCN(c2ccccc2)CC1. The minimum absolute atomic E-state index is 0.0763. The summed E-state index contributed by atoms with van der Waals surface area (Å²) in [6.07, 6.45) is 2.56. The van der Waals surface area contributed by atoms with Crippen molar-refractivity contribution in [2.75, 3.05) is 37.7 Å². The molecule has 0 aromatic heterocycles. The van der Waals surface area contributed by atoms with Crippen molar-refractivity contribution in [3.8, 4) is 0 Å². The number of imide groups is 1. The molecule has 2 fully saturated rings. The number of rotatable bonds is 3. The topological polar surface area (TPSA) is 57.1 Å². The Morgan fingerprint density at radius 3 is 2.48 bits per heavy atom. The maximum atomic E-state index is 13.4. The van der Waals surface area contributed by atoms with Crippen LogP contribution in [0.1, 0.15) is 24.0 Å². The molecule has 5 rings (SSSR count). The highest BCUT2D eigenvalue weighted by Crippen LogP contribution is 2.39. The van der Waals surface area contributed by atoms with Gasteiger partial charge in [0.2, 0.25) is 0 Å². The van der Waals surface area contributed by atoms with Gasteiger partial charge in [0.15, 0.2) is 6.67 Å². The number of nitrogens with zero attached hydrogens (tertiary/aromatic N) is 2. The van der Waals surface area contributed by atoms with Gasteiger partial charge in [-0.1, -0.05) is 42.5 Å². The number of urea groups is 1. The zero-order valence-corrected chi connectivity index (χ0v) is 16.6. The monoisotopic (exact) mass is 391 g/mol. The van der Waals surface area contributed by atoms with Crippen LogP contribution in [-0.4, -0.2) is 49.7 Å². The zero-order chi connectivity index (χ0) is 19.8. The van der Waals surface area contributed by atoms with E-state index in [1.807, 2.05) is 24.3 Å². The lowest BCUT2D eigenvalue weighted by Gasteiger charge is -2.35. The van der Waals surface area contributed by atoms with Crippen molar-refractivity contribution in [2.24, 2.45) is 0 Å². The first-order valence-corrected chi connectivity index (χ1v) is 10.5. The minimum Gasteiger partial charge on any atom is -0.360 e. The summed E-state index contributed by atoms with van der Waals surface area (Å²) in [7, 11) is 0. The van der Waals surface area contributed by atoms with Gasteiger partial charge in [-0.05, 0) is 42.5 Å². The Balaban J connectivity index is 1.29. The van der Waals surface area contributed by atoms with Gasteiger partial charge in [-0.15, -0.1) is 0 Å². The van der Waals surface area contributed by atoms with Crippen molar-refractivity contribution < 1.29 is 14.5 Å². The second-order valence-electron chi connectivity index (χ2n) is 8.31. The number of benzene rings is 2. The lowest BCUT2D eigenvalue weighted by Crippen LogP contribution is -3.16. The highest BCUT2D eigenvalue weighted by Gasteiger charge is 2.54. The average Bonchev–Trinajstić information content (AvgIpc) is 3.00. The molecule has 3 amide bonds. The summed E-state index contributed by atoms with van der Waals surface area (Å²) in [6, 6.07) is 18.2. The number of hydrogen-bond acceptors (Lipinski definition) is 3. The lowest BCUT2D eigenvalue weighted by atomic mass is 9.76. The number of aryl methyl sites for hydroxylation is 1. The van der Waals surface area contributed by atoms with Crippen molar-refractivity contribution in [1.29, 1.82) is 0 Å². The molecule has 2 N–H and O–H groups in total. The Kier molecular flexibility index (Phi) is 4.51. The van der Waals surface area contributed by atoms with Crippen molar-refractivity contribution >= 4 is 17.6 Å². The molecule has 1 atom stereocenters. The van der Waals surface area contributed by atoms with Gasteiger partial charge in [-0.3, -0.25) is 4.79 Å². The highest BCUT2D eigenvalue weighted by atomic mass is 16.2. The summed E-state index contributed by atoms with van der Waals surface area (Å²) in [6.45, 7) is 4.12. The molecule has 6 nitrogen and oxygen atoms in total. The molecule has 2 aromatic carbocycles. The van der Waals surface area contributed by atoms with Crippen LogP contribution in [0.3, 0.4) is 0 Å². The number of para-hydroxylation sites is 1. The van der Waals surface area contributed by atoms with E-state index in [-0.39, 0.29) is 11.9 Å². The predicted molar refractivity (Wildman–Crippen MR) is 111 cm³/mol. The van der Waals surface area contributed by atoms with Crippen LogP contribution in [0.2, 0.25) is 0 Å². The molecule has 150 valence electrons. The van der Waals surface area contributed by atoms with E-state index in [2.05, 4.69) is 40.5 Å². The first-order valence-electron chi connectivity index (χ1n) is 10.5. The van der Waals surface area contributed by atoms with E-state index in [4.69, 9.17) is 0 Å². The summed E-state index contributed by atoms with van der Waals surface area (Å²) in [4.78, 5) is 31.3. The van der Waals surface area contributed by atoms with E-state index in [1.54, 1.807) is 0 Å². The fraction of sp³-hybridized carbons (Fsp3) is 0.391. The van der Waals surface area contributed by atoms with Gasteiger partial charge in [0.1, 0.15) is 5.54 Å². The largest absolute Gasteiger partial charge is 0.360 e. The summed E-state index contributed by atoms with van der Waals surface area (Å²) < 4.78 is 0. The van der Waals surface area contributed by atoms with Crippen LogP contribution in [0.5, 0.6) is 0 Å². The number of anilines is 1. The molecule has 29 heavy (non-hydrogen) atoms. The first-order chi connectivity index (χ1) is 14.2. The van der Waals surface area contributed by atoms with Crippen LogP contribution in [-0.2, 0) is 16.8 Å². The number of fused-ring (bicyclic) bond motifs is 2. The molecule has 1 spiro atoms. The van der Waals surface area contributed by atoms with Gasteiger partial charge in [0.05, 0.1) is 26.2 Å². The first kappa shape index (κ1) is 18.2.